The van der Waals surface area contributed by atoms with Gasteiger partial charge in [-0.15, -0.1) is 0 Å². The van der Waals surface area contributed by atoms with Gasteiger partial charge in [-0.2, -0.15) is 0 Å². The van der Waals surface area contributed by atoms with Crippen molar-refractivity contribution in [2.75, 3.05) is 16.1 Å². The fourth-order valence-electron chi connectivity index (χ4n) is 2.97. The summed E-state index contributed by atoms with van der Waals surface area (Å²) in [5.41, 5.74) is 2.25. The fourth-order valence-corrected chi connectivity index (χ4v) is 5.48. The lowest BCUT2D eigenvalue weighted by Gasteiger charge is -2.20. The van der Waals surface area contributed by atoms with E-state index in [-0.39, 0.29) is 15.5 Å². The third kappa shape index (κ3) is 4.44. The monoisotopic (exact) mass is 430 g/mol. The Hall–Kier alpha value is -2.84. The van der Waals surface area contributed by atoms with Crippen LogP contribution in [0.1, 0.15) is 11.1 Å². The first-order valence-corrected chi connectivity index (χ1v) is 11.8. The van der Waals surface area contributed by atoms with Crippen molar-refractivity contribution in [1.29, 1.82) is 0 Å². The largest absolute Gasteiger partial charge is 0.280 e. The number of hydrogen-bond acceptors (Lipinski definition) is 4. The van der Waals surface area contributed by atoms with Crippen LogP contribution in [0.4, 0.5) is 11.4 Å². The van der Waals surface area contributed by atoms with Crippen LogP contribution < -0.4 is 9.03 Å². The summed E-state index contributed by atoms with van der Waals surface area (Å²) in [6.07, 6.45) is 0. The Morgan fingerprint density at radius 3 is 2.14 bits per heavy atom. The molecule has 3 aromatic carbocycles. The van der Waals surface area contributed by atoms with Gasteiger partial charge in [0, 0.05) is 7.05 Å². The topological polar surface area (TPSA) is 83.5 Å². The molecule has 0 unspecified atom stereocenters. The van der Waals surface area contributed by atoms with E-state index in [1.165, 1.54) is 37.4 Å². The van der Waals surface area contributed by atoms with Gasteiger partial charge in [0.2, 0.25) is 0 Å². The van der Waals surface area contributed by atoms with E-state index in [1.807, 2.05) is 6.92 Å². The Balaban J connectivity index is 1.93. The lowest BCUT2D eigenvalue weighted by atomic mass is 10.2. The van der Waals surface area contributed by atoms with Crippen molar-refractivity contribution < 1.29 is 16.8 Å². The van der Waals surface area contributed by atoms with Crippen LogP contribution in [0.25, 0.3) is 0 Å². The average molecular weight is 431 g/mol. The highest BCUT2D eigenvalue weighted by Crippen LogP contribution is 2.25. The molecule has 0 atom stereocenters. The van der Waals surface area contributed by atoms with Crippen LogP contribution in [0.2, 0.25) is 0 Å². The van der Waals surface area contributed by atoms with Crippen molar-refractivity contribution in [2.45, 2.75) is 23.6 Å². The maximum absolute atomic E-state index is 13.0. The van der Waals surface area contributed by atoms with Gasteiger partial charge in [0.1, 0.15) is 0 Å². The van der Waals surface area contributed by atoms with Crippen molar-refractivity contribution in [3.63, 3.8) is 0 Å². The van der Waals surface area contributed by atoms with Gasteiger partial charge in [-0.25, -0.2) is 16.8 Å². The van der Waals surface area contributed by atoms with Crippen LogP contribution in [0.5, 0.6) is 0 Å². The van der Waals surface area contributed by atoms with E-state index >= 15 is 0 Å². The van der Waals surface area contributed by atoms with E-state index in [1.54, 1.807) is 49.4 Å². The molecule has 29 heavy (non-hydrogen) atoms. The summed E-state index contributed by atoms with van der Waals surface area (Å²) in [7, 11) is -6.25. The van der Waals surface area contributed by atoms with Crippen LogP contribution in [-0.2, 0) is 20.0 Å². The normalized spacial score (nSPS) is 11.8. The van der Waals surface area contributed by atoms with Crippen LogP contribution in [0.15, 0.2) is 82.6 Å². The van der Waals surface area contributed by atoms with Gasteiger partial charge in [0.15, 0.2) is 0 Å². The summed E-state index contributed by atoms with van der Waals surface area (Å²) < 4.78 is 55.1. The van der Waals surface area contributed by atoms with Crippen molar-refractivity contribution in [1.82, 2.24) is 0 Å². The minimum Gasteiger partial charge on any atom is -0.280 e. The molecule has 0 saturated heterocycles. The summed E-state index contributed by atoms with van der Waals surface area (Å²) >= 11 is 0. The highest BCUT2D eigenvalue weighted by molar-refractivity contribution is 7.93. The van der Waals surface area contributed by atoms with Gasteiger partial charge in [0.05, 0.1) is 21.2 Å². The number of nitrogens with one attached hydrogen (secondary N) is 1. The maximum Gasteiger partial charge on any atom is 0.264 e. The summed E-state index contributed by atoms with van der Waals surface area (Å²) in [6, 6.07) is 19.5. The quantitative estimate of drug-likeness (QED) is 0.642. The number of hydrogen-bond donors (Lipinski definition) is 1. The van der Waals surface area contributed by atoms with Crippen molar-refractivity contribution >= 4 is 31.4 Å². The molecule has 3 rings (SSSR count). The predicted octanol–water partition coefficient (Wildman–Crippen LogP) is 3.93. The Labute approximate surface area is 171 Å². The lowest BCUT2D eigenvalue weighted by Crippen LogP contribution is -2.26. The van der Waals surface area contributed by atoms with E-state index in [2.05, 4.69) is 4.72 Å². The van der Waals surface area contributed by atoms with Gasteiger partial charge >= 0.3 is 0 Å². The molecular weight excluding hydrogens is 408 g/mol. The molecule has 0 amide bonds. The fraction of sp³-hybridized carbons (Fsp3) is 0.143. The Bertz CT molecular complexity index is 1240. The highest BCUT2D eigenvalue weighted by Gasteiger charge is 2.23. The summed E-state index contributed by atoms with van der Waals surface area (Å²) in [5.74, 6) is 0. The molecule has 3 aromatic rings. The number of benzene rings is 3. The first kappa shape index (κ1) is 20.9. The molecule has 0 aliphatic carbocycles. The molecule has 8 heteroatoms. The molecule has 0 fully saturated rings. The zero-order chi connectivity index (χ0) is 21.2. The standard InChI is InChI=1S/C21H22N2O4S2/c1-16-12-13-21(17(2)14-16)28(24,25)22-18-8-7-11-20(15-18)29(26,27)23(3)19-9-5-4-6-10-19/h4-15,22H,1-3H3. The smallest absolute Gasteiger partial charge is 0.264 e. The Morgan fingerprint density at radius 1 is 0.793 bits per heavy atom. The highest BCUT2D eigenvalue weighted by atomic mass is 32.2. The van der Waals surface area contributed by atoms with Crippen LogP contribution in [0.3, 0.4) is 0 Å². The number of nitrogens with zero attached hydrogens (tertiary/aromatic N) is 1. The summed E-state index contributed by atoms with van der Waals surface area (Å²) in [6.45, 7) is 3.60. The molecule has 0 bridgehead atoms. The second-order valence-corrected chi connectivity index (χ2v) is 10.3. The van der Waals surface area contributed by atoms with E-state index in [0.717, 1.165) is 9.87 Å². The molecule has 1 N–H and O–H groups in total. The SMILES string of the molecule is Cc1ccc(S(=O)(=O)Nc2cccc(S(=O)(=O)N(C)c3ccccc3)c2)c(C)c1. The Morgan fingerprint density at radius 2 is 1.48 bits per heavy atom. The van der Waals surface area contributed by atoms with Crippen molar-refractivity contribution in [2.24, 2.45) is 0 Å². The number of rotatable bonds is 6. The minimum absolute atomic E-state index is 0.00955. The van der Waals surface area contributed by atoms with E-state index in [0.29, 0.717) is 11.3 Å². The summed E-state index contributed by atoms with van der Waals surface area (Å²) in [4.78, 5) is 0.141. The molecule has 152 valence electrons. The zero-order valence-corrected chi connectivity index (χ0v) is 18.0. The zero-order valence-electron chi connectivity index (χ0n) is 16.3. The molecule has 0 aromatic heterocycles. The van der Waals surface area contributed by atoms with Crippen molar-refractivity contribution in [3.05, 3.63) is 83.9 Å². The van der Waals surface area contributed by atoms with Crippen molar-refractivity contribution in [3.8, 4) is 0 Å². The molecular formula is C21H22N2O4S2. The molecule has 0 saturated carbocycles. The van der Waals surface area contributed by atoms with Gasteiger partial charge in [0.25, 0.3) is 20.0 Å². The van der Waals surface area contributed by atoms with Crippen LogP contribution in [0, 0.1) is 13.8 Å². The van der Waals surface area contributed by atoms with Gasteiger partial charge in [-0.1, -0.05) is 42.0 Å². The number of para-hydroxylation sites is 1. The number of sulfonamides is 2. The molecule has 0 radical (unpaired) electrons. The average Bonchev–Trinajstić information content (AvgIpc) is 2.67. The summed E-state index contributed by atoms with van der Waals surface area (Å²) in [5, 5.41) is 0. The second kappa shape index (κ2) is 7.88. The molecule has 6 nitrogen and oxygen atoms in total. The molecule has 0 spiro atoms. The first-order valence-electron chi connectivity index (χ1n) is 8.85. The molecule has 0 aliphatic heterocycles. The van der Waals surface area contributed by atoms with E-state index < -0.39 is 20.0 Å². The Kier molecular flexibility index (Phi) is 5.68. The second-order valence-electron chi connectivity index (χ2n) is 6.71. The number of aryl methyl sites for hydroxylation is 2. The van der Waals surface area contributed by atoms with Crippen LogP contribution >= 0.6 is 0 Å². The first-order chi connectivity index (χ1) is 13.6. The third-order valence-corrected chi connectivity index (χ3v) is 7.81. The lowest BCUT2D eigenvalue weighted by molar-refractivity contribution is 0.593. The molecule has 0 aliphatic rings. The maximum atomic E-state index is 13.0. The minimum atomic E-state index is -3.85. The molecule has 0 heterocycles. The van der Waals surface area contributed by atoms with Gasteiger partial charge in [-0.3, -0.25) is 9.03 Å². The van der Waals surface area contributed by atoms with Crippen LogP contribution in [-0.4, -0.2) is 23.9 Å². The van der Waals surface area contributed by atoms with Gasteiger partial charge in [-0.05, 0) is 55.8 Å². The predicted molar refractivity (Wildman–Crippen MR) is 115 cm³/mol. The number of anilines is 2. The van der Waals surface area contributed by atoms with Gasteiger partial charge < -0.3 is 0 Å². The van der Waals surface area contributed by atoms with E-state index in [9.17, 15) is 16.8 Å². The van der Waals surface area contributed by atoms with E-state index in [4.69, 9.17) is 0 Å². The third-order valence-electron chi connectivity index (χ3n) is 4.48.